The highest BCUT2D eigenvalue weighted by atomic mass is 16.4. The molecule has 1 aliphatic carbocycles. The van der Waals surface area contributed by atoms with Crippen LogP contribution in [-0.2, 0) is 4.79 Å². The molecule has 0 heterocycles. The maximum Gasteiger partial charge on any atom is 0.317 e. The van der Waals surface area contributed by atoms with E-state index in [0.29, 0.717) is 0 Å². The lowest BCUT2D eigenvalue weighted by Gasteiger charge is -2.27. The van der Waals surface area contributed by atoms with Crippen molar-refractivity contribution in [2.45, 2.75) is 12.8 Å². The lowest BCUT2D eigenvalue weighted by Crippen LogP contribution is -2.33. The van der Waals surface area contributed by atoms with Gasteiger partial charge in [0.2, 0.25) is 0 Å². The van der Waals surface area contributed by atoms with E-state index in [1.807, 2.05) is 0 Å². The molecule has 0 amide bonds. The first-order valence-electron chi connectivity index (χ1n) is 3.94. The summed E-state index contributed by atoms with van der Waals surface area (Å²) < 4.78 is 0. The van der Waals surface area contributed by atoms with Gasteiger partial charge in [-0.05, 0) is 25.0 Å². The van der Waals surface area contributed by atoms with Crippen molar-refractivity contribution in [1.82, 2.24) is 0 Å². The molecule has 0 saturated carbocycles. The standard InChI is InChI=1S/C10H11O3/c1-2-6-10(9(12)13)7-4-3-5-8(10)11/h2-3,5,11H,1,6-7H2,(H,12,13). The minimum atomic E-state index is -1.24. The van der Waals surface area contributed by atoms with Crippen LogP contribution in [-0.4, -0.2) is 16.2 Å². The number of carboxylic acid groups (broad SMARTS) is 1. The molecule has 69 valence electrons. The van der Waals surface area contributed by atoms with Gasteiger partial charge in [-0.3, -0.25) is 4.79 Å². The van der Waals surface area contributed by atoms with E-state index in [4.69, 9.17) is 5.11 Å². The molecule has 0 aliphatic heterocycles. The Kier molecular flexibility index (Phi) is 2.56. The first-order valence-corrected chi connectivity index (χ1v) is 3.94. The third-order valence-corrected chi connectivity index (χ3v) is 2.16. The van der Waals surface area contributed by atoms with Crippen molar-refractivity contribution in [2.75, 3.05) is 0 Å². The van der Waals surface area contributed by atoms with Crippen molar-refractivity contribution >= 4 is 5.97 Å². The quantitative estimate of drug-likeness (QED) is 0.650. The molecule has 1 unspecified atom stereocenters. The summed E-state index contributed by atoms with van der Waals surface area (Å²) in [5, 5.41) is 18.5. The molecule has 1 atom stereocenters. The fourth-order valence-corrected chi connectivity index (χ4v) is 1.32. The molecule has 0 spiro atoms. The Morgan fingerprint density at radius 1 is 1.85 bits per heavy atom. The van der Waals surface area contributed by atoms with Gasteiger partial charge in [-0.1, -0.05) is 12.2 Å². The van der Waals surface area contributed by atoms with E-state index in [-0.39, 0.29) is 18.6 Å². The predicted molar refractivity (Wildman–Crippen MR) is 48.0 cm³/mol. The number of allylic oxidation sites excluding steroid dienone is 4. The molecule has 0 aromatic heterocycles. The van der Waals surface area contributed by atoms with Crippen LogP contribution in [0.4, 0.5) is 0 Å². The Morgan fingerprint density at radius 2 is 2.54 bits per heavy atom. The summed E-state index contributed by atoms with van der Waals surface area (Å²) >= 11 is 0. The Morgan fingerprint density at radius 3 is 3.00 bits per heavy atom. The summed E-state index contributed by atoms with van der Waals surface area (Å²) in [5.41, 5.74) is -1.24. The van der Waals surface area contributed by atoms with Gasteiger partial charge >= 0.3 is 5.97 Å². The lowest BCUT2D eigenvalue weighted by atomic mass is 9.77. The molecule has 0 bridgehead atoms. The highest BCUT2D eigenvalue weighted by molar-refractivity contribution is 5.78. The minimum absolute atomic E-state index is 0.126. The van der Waals surface area contributed by atoms with Gasteiger partial charge in [-0.15, -0.1) is 6.58 Å². The molecule has 13 heavy (non-hydrogen) atoms. The highest BCUT2D eigenvalue weighted by Crippen LogP contribution is 2.36. The first-order chi connectivity index (χ1) is 6.13. The molecule has 3 heteroatoms. The van der Waals surface area contributed by atoms with Gasteiger partial charge in [-0.2, -0.15) is 0 Å². The van der Waals surface area contributed by atoms with Crippen molar-refractivity contribution in [2.24, 2.45) is 5.41 Å². The average molecular weight is 179 g/mol. The second-order valence-electron chi connectivity index (χ2n) is 2.98. The van der Waals surface area contributed by atoms with Gasteiger partial charge < -0.3 is 10.2 Å². The third-order valence-electron chi connectivity index (χ3n) is 2.16. The summed E-state index contributed by atoms with van der Waals surface area (Å²) in [4.78, 5) is 11.0. The topological polar surface area (TPSA) is 57.5 Å². The van der Waals surface area contributed by atoms with Crippen LogP contribution in [0.25, 0.3) is 0 Å². The number of carboxylic acids is 1. The second-order valence-corrected chi connectivity index (χ2v) is 2.98. The lowest BCUT2D eigenvalue weighted by molar-refractivity contribution is -0.148. The number of carbonyl (C=O) groups is 1. The van der Waals surface area contributed by atoms with Crippen LogP contribution in [0.3, 0.4) is 0 Å². The van der Waals surface area contributed by atoms with E-state index in [2.05, 4.69) is 12.7 Å². The van der Waals surface area contributed by atoms with Crippen LogP contribution in [0.15, 0.2) is 30.6 Å². The zero-order chi connectivity index (χ0) is 9.90. The summed E-state index contributed by atoms with van der Waals surface area (Å²) in [5.74, 6) is -1.17. The number of hydrogen-bond donors (Lipinski definition) is 2. The van der Waals surface area contributed by atoms with E-state index in [9.17, 15) is 9.90 Å². The van der Waals surface area contributed by atoms with Gasteiger partial charge in [0, 0.05) is 0 Å². The van der Waals surface area contributed by atoms with Crippen molar-refractivity contribution in [1.29, 1.82) is 0 Å². The molecule has 1 radical (unpaired) electrons. The summed E-state index contributed by atoms with van der Waals surface area (Å²) in [6, 6.07) is 0. The van der Waals surface area contributed by atoms with Gasteiger partial charge in [0.25, 0.3) is 0 Å². The molecule has 3 nitrogen and oxygen atoms in total. The van der Waals surface area contributed by atoms with Gasteiger partial charge in [0.05, 0.1) is 0 Å². The van der Waals surface area contributed by atoms with Gasteiger partial charge in [0.1, 0.15) is 11.2 Å². The monoisotopic (exact) mass is 179 g/mol. The summed E-state index contributed by atoms with van der Waals surface area (Å²) in [6.45, 7) is 3.48. The van der Waals surface area contributed by atoms with E-state index in [1.165, 1.54) is 18.2 Å². The van der Waals surface area contributed by atoms with Crippen molar-refractivity contribution in [3.05, 3.63) is 36.6 Å². The molecule has 0 aromatic carbocycles. The third kappa shape index (κ3) is 1.49. The number of rotatable bonds is 3. The molecule has 1 rings (SSSR count). The molecule has 0 aromatic rings. The van der Waals surface area contributed by atoms with E-state index in [0.717, 1.165) is 0 Å². The van der Waals surface area contributed by atoms with Crippen LogP contribution in [0.5, 0.6) is 0 Å². The number of aliphatic hydroxyl groups excluding tert-OH is 1. The molecule has 0 saturated heterocycles. The predicted octanol–water partition coefficient (Wildman–Crippen LogP) is 1.84. The maximum absolute atomic E-state index is 11.0. The summed E-state index contributed by atoms with van der Waals surface area (Å²) in [7, 11) is 0. The fraction of sp³-hybridized carbons (Fsp3) is 0.300. The van der Waals surface area contributed by atoms with E-state index < -0.39 is 11.4 Å². The zero-order valence-electron chi connectivity index (χ0n) is 7.16. The largest absolute Gasteiger partial charge is 0.511 e. The van der Waals surface area contributed by atoms with Gasteiger partial charge in [0.15, 0.2) is 0 Å². The molecular weight excluding hydrogens is 168 g/mol. The van der Waals surface area contributed by atoms with Crippen LogP contribution < -0.4 is 0 Å². The number of hydrogen-bond acceptors (Lipinski definition) is 2. The van der Waals surface area contributed by atoms with Crippen LogP contribution in [0.2, 0.25) is 0 Å². The molecule has 2 N–H and O–H groups in total. The SMILES string of the molecule is C=CCC1(C(=O)O)C[C]=CC=C1O. The smallest absolute Gasteiger partial charge is 0.317 e. The minimum Gasteiger partial charge on any atom is -0.511 e. The molecule has 0 fully saturated rings. The summed E-state index contributed by atoms with van der Waals surface area (Å²) in [6.07, 6.45) is 7.57. The van der Waals surface area contributed by atoms with Crippen LogP contribution >= 0.6 is 0 Å². The Labute approximate surface area is 76.7 Å². The zero-order valence-corrected chi connectivity index (χ0v) is 7.16. The van der Waals surface area contributed by atoms with Crippen LogP contribution in [0, 0.1) is 11.5 Å². The Balaban J connectivity index is 3.04. The van der Waals surface area contributed by atoms with Crippen molar-refractivity contribution in [3.63, 3.8) is 0 Å². The fourth-order valence-electron chi connectivity index (χ4n) is 1.32. The Bertz CT molecular complexity index is 285. The van der Waals surface area contributed by atoms with E-state index in [1.54, 1.807) is 0 Å². The molecular formula is C10H11O3. The van der Waals surface area contributed by atoms with Crippen molar-refractivity contribution in [3.8, 4) is 0 Å². The number of aliphatic carboxylic acids is 1. The molecule has 1 aliphatic rings. The number of aliphatic hydroxyl groups is 1. The van der Waals surface area contributed by atoms with E-state index >= 15 is 0 Å². The second kappa shape index (κ2) is 3.47. The van der Waals surface area contributed by atoms with Crippen molar-refractivity contribution < 1.29 is 15.0 Å². The highest BCUT2D eigenvalue weighted by Gasteiger charge is 2.41. The first kappa shape index (κ1) is 9.58. The van der Waals surface area contributed by atoms with Crippen LogP contribution in [0.1, 0.15) is 12.8 Å². The maximum atomic E-state index is 11.0. The Hall–Kier alpha value is -1.51. The normalized spacial score (nSPS) is 26.6. The average Bonchev–Trinajstić information content (AvgIpc) is 2.09. The van der Waals surface area contributed by atoms with Gasteiger partial charge in [-0.25, -0.2) is 0 Å².